The number of ether oxygens (including phenoxy) is 1. The molecule has 2 aromatic rings. The van der Waals surface area contributed by atoms with Crippen LogP contribution in [0, 0.1) is 0 Å². The van der Waals surface area contributed by atoms with Crippen molar-refractivity contribution in [1.82, 2.24) is 0 Å². The Bertz CT molecular complexity index is 704. The second kappa shape index (κ2) is 6.35. The Labute approximate surface area is 134 Å². The molecule has 0 unspecified atom stereocenters. The van der Waals surface area contributed by atoms with Crippen molar-refractivity contribution in [2.45, 2.75) is 31.4 Å². The molecule has 1 aliphatic carbocycles. The van der Waals surface area contributed by atoms with Crippen LogP contribution in [0.1, 0.15) is 30.4 Å². The monoisotopic (exact) mass is 313 g/mol. The molecule has 0 spiro atoms. The van der Waals surface area contributed by atoms with Gasteiger partial charge in [-0.15, -0.1) is 0 Å². The molecule has 0 saturated heterocycles. The van der Waals surface area contributed by atoms with Gasteiger partial charge in [0.1, 0.15) is 12.4 Å². The highest BCUT2D eigenvalue weighted by molar-refractivity contribution is 6.32. The first-order valence-corrected chi connectivity index (χ1v) is 7.67. The third kappa shape index (κ3) is 2.92. The summed E-state index contributed by atoms with van der Waals surface area (Å²) in [6.45, 7) is 0.470. The summed E-state index contributed by atoms with van der Waals surface area (Å²) in [5.74, 6) is 0.638. The predicted molar refractivity (Wildman–Crippen MR) is 85.9 cm³/mol. The molecular formula is C18H16ClNO2. The average molecular weight is 314 g/mol. The van der Waals surface area contributed by atoms with Gasteiger partial charge in [0, 0.05) is 0 Å². The minimum absolute atomic E-state index is 0.427. The third-order valence-corrected chi connectivity index (χ3v) is 4.44. The van der Waals surface area contributed by atoms with E-state index in [0.717, 1.165) is 30.4 Å². The number of hydrogen-bond acceptors (Lipinski definition) is 3. The van der Waals surface area contributed by atoms with Crippen molar-refractivity contribution >= 4 is 17.7 Å². The Hall–Kier alpha value is -2.09. The molecule has 0 N–H and O–H groups in total. The van der Waals surface area contributed by atoms with Gasteiger partial charge in [-0.1, -0.05) is 48.0 Å². The zero-order chi connectivity index (χ0) is 15.4. The molecule has 0 bridgehead atoms. The van der Waals surface area contributed by atoms with E-state index in [9.17, 15) is 4.79 Å². The third-order valence-electron chi connectivity index (χ3n) is 4.15. The van der Waals surface area contributed by atoms with E-state index in [1.807, 2.05) is 48.5 Å². The predicted octanol–water partition coefficient (Wildman–Crippen LogP) is 4.63. The lowest BCUT2D eigenvalue weighted by molar-refractivity contribution is 0.255. The highest BCUT2D eigenvalue weighted by Crippen LogP contribution is 2.46. The smallest absolute Gasteiger partial charge is 0.235 e. The number of halogens is 1. The number of aliphatic imine (C=N–C) groups is 1. The van der Waals surface area contributed by atoms with Gasteiger partial charge in [0.25, 0.3) is 0 Å². The highest BCUT2D eigenvalue weighted by atomic mass is 35.5. The first-order chi connectivity index (χ1) is 10.7. The lowest BCUT2D eigenvalue weighted by Crippen LogP contribution is -2.31. The topological polar surface area (TPSA) is 38.7 Å². The standard InChI is InChI=1S/C18H16ClNO2/c19-16-11-15(18(20-13-21)9-4-10-18)7-8-17(16)22-12-14-5-2-1-3-6-14/h1-3,5-8,11H,4,9-10,12H2. The number of carbonyl (C=O) groups excluding carboxylic acids is 1. The zero-order valence-electron chi connectivity index (χ0n) is 12.1. The van der Waals surface area contributed by atoms with Crippen LogP contribution in [0.5, 0.6) is 5.75 Å². The number of rotatable bonds is 5. The van der Waals surface area contributed by atoms with Crippen molar-refractivity contribution < 1.29 is 9.53 Å². The van der Waals surface area contributed by atoms with Crippen molar-refractivity contribution in [3.63, 3.8) is 0 Å². The largest absolute Gasteiger partial charge is 0.487 e. The van der Waals surface area contributed by atoms with Gasteiger partial charge in [0.15, 0.2) is 0 Å². The van der Waals surface area contributed by atoms with E-state index in [-0.39, 0.29) is 0 Å². The van der Waals surface area contributed by atoms with Gasteiger partial charge in [-0.2, -0.15) is 4.99 Å². The summed E-state index contributed by atoms with van der Waals surface area (Å²) in [6, 6.07) is 15.6. The van der Waals surface area contributed by atoms with Crippen LogP contribution in [0.3, 0.4) is 0 Å². The number of nitrogens with zero attached hydrogens (tertiary/aromatic N) is 1. The summed E-state index contributed by atoms with van der Waals surface area (Å²) in [6.07, 6.45) is 4.48. The minimum Gasteiger partial charge on any atom is -0.487 e. The fourth-order valence-electron chi connectivity index (χ4n) is 2.71. The SMILES string of the molecule is O=C=NC1(c2ccc(OCc3ccccc3)c(Cl)c2)CCC1. The number of isocyanates is 1. The minimum atomic E-state index is -0.427. The second-order valence-corrected chi connectivity index (χ2v) is 5.91. The molecule has 22 heavy (non-hydrogen) atoms. The average Bonchev–Trinajstić information content (AvgIpc) is 2.51. The Morgan fingerprint density at radius 1 is 1.18 bits per heavy atom. The Kier molecular flexibility index (Phi) is 4.28. The van der Waals surface area contributed by atoms with Crippen molar-refractivity contribution in [2.24, 2.45) is 4.99 Å². The molecule has 0 aliphatic heterocycles. The summed E-state index contributed by atoms with van der Waals surface area (Å²) in [5.41, 5.74) is 1.62. The molecule has 3 nitrogen and oxygen atoms in total. The molecule has 0 atom stereocenters. The van der Waals surface area contributed by atoms with Crippen LogP contribution in [0.2, 0.25) is 5.02 Å². The quantitative estimate of drug-likeness (QED) is 0.596. The normalized spacial score (nSPS) is 15.5. The number of benzene rings is 2. The maximum Gasteiger partial charge on any atom is 0.235 e. The Morgan fingerprint density at radius 3 is 2.55 bits per heavy atom. The van der Waals surface area contributed by atoms with Gasteiger partial charge in [-0.05, 0) is 42.5 Å². The molecular weight excluding hydrogens is 298 g/mol. The molecule has 0 radical (unpaired) electrons. The van der Waals surface area contributed by atoms with Crippen LogP contribution < -0.4 is 4.74 Å². The van der Waals surface area contributed by atoms with Gasteiger partial charge in [0.2, 0.25) is 6.08 Å². The fourth-order valence-corrected chi connectivity index (χ4v) is 2.94. The Morgan fingerprint density at radius 2 is 1.95 bits per heavy atom. The van der Waals surface area contributed by atoms with Gasteiger partial charge in [-0.3, -0.25) is 0 Å². The molecule has 0 heterocycles. The van der Waals surface area contributed by atoms with E-state index in [4.69, 9.17) is 16.3 Å². The van der Waals surface area contributed by atoms with Gasteiger partial charge >= 0.3 is 0 Å². The summed E-state index contributed by atoms with van der Waals surface area (Å²) in [5, 5.41) is 0.542. The molecule has 4 heteroatoms. The van der Waals surface area contributed by atoms with Gasteiger partial charge in [-0.25, -0.2) is 4.79 Å². The number of hydrogen-bond donors (Lipinski definition) is 0. The van der Waals surface area contributed by atoms with Crippen LogP contribution in [0.15, 0.2) is 53.5 Å². The van der Waals surface area contributed by atoms with E-state index in [2.05, 4.69) is 4.99 Å². The second-order valence-electron chi connectivity index (χ2n) is 5.51. The lowest BCUT2D eigenvalue weighted by Gasteiger charge is -2.37. The molecule has 0 amide bonds. The highest BCUT2D eigenvalue weighted by Gasteiger charge is 2.39. The maximum absolute atomic E-state index is 10.6. The molecule has 1 fully saturated rings. The van der Waals surface area contributed by atoms with Crippen molar-refractivity contribution in [1.29, 1.82) is 0 Å². The molecule has 2 aromatic carbocycles. The lowest BCUT2D eigenvalue weighted by atomic mass is 9.72. The van der Waals surface area contributed by atoms with Gasteiger partial charge in [0.05, 0.1) is 10.6 Å². The summed E-state index contributed by atoms with van der Waals surface area (Å²) < 4.78 is 5.76. The molecule has 1 aliphatic rings. The van der Waals surface area contributed by atoms with Crippen LogP contribution in [0.25, 0.3) is 0 Å². The summed E-state index contributed by atoms with van der Waals surface area (Å²) in [4.78, 5) is 14.6. The van der Waals surface area contributed by atoms with E-state index < -0.39 is 5.54 Å². The summed E-state index contributed by atoms with van der Waals surface area (Å²) >= 11 is 6.32. The van der Waals surface area contributed by atoms with Crippen molar-refractivity contribution in [2.75, 3.05) is 0 Å². The van der Waals surface area contributed by atoms with Crippen LogP contribution in [0.4, 0.5) is 0 Å². The van der Waals surface area contributed by atoms with E-state index >= 15 is 0 Å². The molecule has 3 rings (SSSR count). The zero-order valence-corrected chi connectivity index (χ0v) is 12.8. The molecule has 112 valence electrons. The summed E-state index contributed by atoms with van der Waals surface area (Å²) in [7, 11) is 0. The van der Waals surface area contributed by atoms with E-state index in [1.54, 1.807) is 6.08 Å². The Balaban J connectivity index is 1.76. The first kappa shape index (κ1) is 14.8. The van der Waals surface area contributed by atoms with E-state index in [1.165, 1.54) is 0 Å². The van der Waals surface area contributed by atoms with Crippen LogP contribution >= 0.6 is 11.6 Å². The molecule has 0 aromatic heterocycles. The maximum atomic E-state index is 10.6. The van der Waals surface area contributed by atoms with Crippen molar-refractivity contribution in [3.8, 4) is 5.75 Å². The van der Waals surface area contributed by atoms with Crippen LogP contribution in [-0.4, -0.2) is 6.08 Å². The molecule has 1 saturated carbocycles. The fraction of sp³-hybridized carbons (Fsp3) is 0.278. The van der Waals surface area contributed by atoms with Crippen molar-refractivity contribution in [3.05, 3.63) is 64.7 Å². The van der Waals surface area contributed by atoms with E-state index in [0.29, 0.717) is 17.4 Å². The van der Waals surface area contributed by atoms with Gasteiger partial charge < -0.3 is 4.74 Å². The first-order valence-electron chi connectivity index (χ1n) is 7.29. The van der Waals surface area contributed by atoms with Crippen LogP contribution in [-0.2, 0) is 16.9 Å².